The number of thioether (sulfide) groups is 1. The van der Waals surface area contributed by atoms with Crippen LogP contribution in [-0.4, -0.2) is 60.6 Å². The third-order valence-electron chi connectivity index (χ3n) is 4.32. The van der Waals surface area contributed by atoms with E-state index in [-0.39, 0.29) is 5.91 Å². The molecule has 2 aliphatic heterocycles. The molecule has 5 heteroatoms. The normalized spacial score (nSPS) is 25.9. The second kappa shape index (κ2) is 8.25. The summed E-state index contributed by atoms with van der Waals surface area (Å²) < 4.78 is 0. The predicted octanol–water partition coefficient (Wildman–Crippen LogP) is 1.32. The maximum absolute atomic E-state index is 12.1. The zero-order valence-corrected chi connectivity index (χ0v) is 13.7. The van der Waals surface area contributed by atoms with Crippen molar-refractivity contribution in [2.24, 2.45) is 5.92 Å². The van der Waals surface area contributed by atoms with Gasteiger partial charge in [0.15, 0.2) is 0 Å². The summed E-state index contributed by atoms with van der Waals surface area (Å²) in [4.78, 5) is 14.6. The largest absolute Gasteiger partial charge is 0.354 e. The molecule has 2 fully saturated rings. The summed E-state index contributed by atoms with van der Waals surface area (Å²) in [5.74, 6) is 3.03. The van der Waals surface area contributed by atoms with E-state index in [1.807, 2.05) is 11.8 Å². The molecule has 0 spiro atoms. The Bertz CT molecular complexity index is 299. The summed E-state index contributed by atoms with van der Waals surface area (Å²) in [6.07, 6.45) is 3.23. The van der Waals surface area contributed by atoms with Gasteiger partial charge in [0.2, 0.25) is 5.91 Å². The van der Waals surface area contributed by atoms with Gasteiger partial charge in [-0.2, -0.15) is 11.8 Å². The maximum Gasteiger partial charge on any atom is 0.221 e. The zero-order chi connectivity index (χ0) is 14.4. The summed E-state index contributed by atoms with van der Waals surface area (Å²) in [5, 5.41) is 6.58. The number of hydrogen-bond acceptors (Lipinski definition) is 4. The van der Waals surface area contributed by atoms with Gasteiger partial charge in [-0.05, 0) is 31.8 Å². The second-order valence-electron chi connectivity index (χ2n) is 6.29. The van der Waals surface area contributed by atoms with E-state index in [9.17, 15) is 4.79 Å². The van der Waals surface area contributed by atoms with Crippen molar-refractivity contribution in [1.29, 1.82) is 0 Å². The average Bonchev–Trinajstić information content (AvgIpc) is 2.93. The number of rotatable bonds is 6. The number of amides is 1. The van der Waals surface area contributed by atoms with E-state index in [4.69, 9.17) is 0 Å². The Balaban J connectivity index is 1.72. The number of likely N-dealkylation sites (tertiary alicyclic amines) is 1. The molecule has 0 aromatic heterocycles. The number of hydrogen-bond donors (Lipinski definition) is 2. The Morgan fingerprint density at radius 2 is 2.15 bits per heavy atom. The summed E-state index contributed by atoms with van der Waals surface area (Å²) in [7, 11) is 0. The van der Waals surface area contributed by atoms with Crippen molar-refractivity contribution < 1.29 is 4.79 Å². The van der Waals surface area contributed by atoms with Crippen LogP contribution in [0.5, 0.6) is 0 Å². The monoisotopic (exact) mass is 299 g/mol. The van der Waals surface area contributed by atoms with E-state index in [0.29, 0.717) is 24.4 Å². The lowest BCUT2D eigenvalue weighted by molar-refractivity contribution is -0.121. The molecule has 2 unspecified atom stereocenters. The third-order valence-corrected chi connectivity index (χ3v) is 5.45. The van der Waals surface area contributed by atoms with E-state index in [0.717, 1.165) is 18.8 Å². The molecule has 0 bridgehead atoms. The van der Waals surface area contributed by atoms with Crippen molar-refractivity contribution in [3.8, 4) is 0 Å². The van der Waals surface area contributed by atoms with Crippen LogP contribution in [0.25, 0.3) is 0 Å². The second-order valence-corrected chi connectivity index (χ2v) is 7.44. The molecule has 116 valence electrons. The topological polar surface area (TPSA) is 44.4 Å². The van der Waals surface area contributed by atoms with Gasteiger partial charge in [-0.25, -0.2) is 0 Å². The number of nitrogens with one attached hydrogen (secondary N) is 2. The molecule has 0 aromatic carbocycles. The minimum Gasteiger partial charge on any atom is -0.354 e. The van der Waals surface area contributed by atoms with Gasteiger partial charge in [0, 0.05) is 43.1 Å². The van der Waals surface area contributed by atoms with Gasteiger partial charge in [0.05, 0.1) is 0 Å². The quantitative estimate of drug-likeness (QED) is 0.776. The highest BCUT2D eigenvalue weighted by Gasteiger charge is 2.25. The van der Waals surface area contributed by atoms with Crippen LogP contribution in [0.1, 0.15) is 33.1 Å². The predicted molar refractivity (Wildman–Crippen MR) is 86.2 cm³/mol. The molecule has 0 saturated carbocycles. The van der Waals surface area contributed by atoms with Crippen LogP contribution < -0.4 is 10.6 Å². The Labute approximate surface area is 127 Å². The first kappa shape index (κ1) is 16.1. The van der Waals surface area contributed by atoms with Gasteiger partial charge in [0.1, 0.15) is 0 Å². The summed E-state index contributed by atoms with van der Waals surface area (Å²) in [5.41, 5.74) is 0. The van der Waals surface area contributed by atoms with E-state index in [1.165, 1.54) is 31.7 Å². The first-order valence-electron chi connectivity index (χ1n) is 7.98. The van der Waals surface area contributed by atoms with Crippen molar-refractivity contribution >= 4 is 17.7 Å². The molecule has 1 amide bonds. The molecule has 0 radical (unpaired) electrons. The van der Waals surface area contributed by atoms with Crippen molar-refractivity contribution in [2.45, 2.75) is 45.2 Å². The highest BCUT2D eigenvalue weighted by atomic mass is 32.2. The summed E-state index contributed by atoms with van der Waals surface area (Å²) >= 11 is 1.94. The van der Waals surface area contributed by atoms with Crippen LogP contribution in [0.3, 0.4) is 0 Å². The smallest absolute Gasteiger partial charge is 0.221 e. The van der Waals surface area contributed by atoms with Gasteiger partial charge in [-0.15, -0.1) is 0 Å². The van der Waals surface area contributed by atoms with Crippen molar-refractivity contribution in [1.82, 2.24) is 15.5 Å². The van der Waals surface area contributed by atoms with Crippen LogP contribution in [0.15, 0.2) is 0 Å². The molecule has 2 aliphatic rings. The van der Waals surface area contributed by atoms with Crippen LogP contribution in [0.2, 0.25) is 0 Å². The van der Waals surface area contributed by atoms with Crippen molar-refractivity contribution in [3.05, 3.63) is 0 Å². The Kier molecular flexibility index (Phi) is 6.65. The summed E-state index contributed by atoms with van der Waals surface area (Å²) in [6.45, 7) is 8.74. The zero-order valence-electron chi connectivity index (χ0n) is 12.9. The Hall–Kier alpha value is -0.260. The molecule has 2 rings (SSSR count). The first-order valence-corrected chi connectivity index (χ1v) is 9.14. The Morgan fingerprint density at radius 3 is 2.75 bits per heavy atom. The van der Waals surface area contributed by atoms with Crippen LogP contribution >= 0.6 is 11.8 Å². The van der Waals surface area contributed by atoms with Crippen LogP contribution in [0.4, 0.5) is 0 Å². The first-order chi connectivity index (χ1) is 9.66. The molecule has 2 heterocycles. The van der Waals surface area contributed by atoms with Gasteiger partial charge >= 0.3 is 0 Å². The number of carbonyl (C=O) groups excluding carboxylic acids is 1. The fourth-order valence-corrected chi connectivity index (χ4v) is 4.07. The highest BCUT2D eigenvalue weighted by molar-refractivity contribution is 7.99. The molecule has 20 heavy (non-hydrogen) atoms. The van der Waals surface area contributed by atoms with Gasteiger partial charge in [-0.3, -0.25) is 9.69 Å². The number of carbonyl (C=O) groups is 1. The standard InChI is InChI=1S/C15H29N3OS/c1-12(2)14(18-6-3-4-7-18)10-17-15(19)9-13-11-20-8-5-16-13/h12-14,16H,3-11H2,1-2H3,(H,17,19). The van der Waals surface area contributed by atoms with Crippen LogP contribution in [-0.2, 0) is 4.79 Å². The highest BCUT2D eigenvalue weighted by Crippen LogP contribution is 2.17. The SMILES string of the molecule is CC(C)C(CNC(=O)CC1CSCCN1)N1CCCC1. The lowest BCUT2D eigenvalue weighted by atomic mass is 10.0. The molecular formula is C15H29N3OS. The molecular weight excluding hydrogens is 270 g/mol. The molecule has 2 N–H and O–H groups in total. The summed E-state index contributed by atoms with van der Waals surface area (Å²) in [6, 6.07) is 0.855. The van der Waals surface area contributed by atoms with Gasteiger partial charge < -0.3 is 10.6 Å². The number of nitrogens with zero attached hydrogens (tertiary/aromatic N) is 1. The maximum atomic E-state index is 12.1. The van der Waals surface area contributed by atoms with E-state index >= 15 is 0 Å². The fraction of sp³-hybridized carbons (Fsp3) is 0.933. The Morgan fingerprint density at radius 1 is 1.40 bits per heavy atom. The molecule has 0 aromatic rings. The van der Waals surface area contributed by atoms with E-state index < -0.39 is 0 Å². The lowest BCUT2D eigenvalue weighted by Gasteiger charge is -2.31. The van der Waals surface area contributed by atoms with Crippen molar-refractivity contribution in [2.75, 3.05) is 37.7 Å². The van der Waals surface area contributed by atoms with E-state index in [1.54, 1.807) is 0 Å². The molecule has 2 atom stereocenters. The molecule has 4 nitrogen and oxygen atoms in total. The fourth-order valence-electron chi connectivity index (χ4n) is 3.12. The third kappa shape index (κ3) is 4.93. The lowest BCUT2D eigenvalue weighted by Crippen LogP contribution is -2.47. The van der Waals surface area contributed by atoms with Gasteiger partial charge in [-0.1, -0.05) is 13.8 Å². The van der Waals surface area contributed by atoms with Crippen LogP contribution in [0, 0.1) is 5.92 Å². The molecule has 2 saturated heterocycles. The van der Waals surface area contributed by atoms with Gasteiger partial charge in [0.25, 0.3) is 0 Å². The minimum atomic E-state index is 0.204. The van der Waals surface area contributed by atoms with E-state index in [2.05, 4.69) is 29.4 Å². The minimum absolute atomic E-state index is 0.204. The van der Waals surface area contributed by atoms with Crippen molar-refractivity contribution in [3.63, 3.8) is 0 Å². The molecule has 0 aliphatic carbocycles. The average molecular weight is 299 g/mol.